The van der Waals surface area contributed by atoms with Crippen LogP contribution in [0.1, 0.15) is 27.2 Å². The summed E-state index contributed by atoms with van der Waals surface area (Å²) in [4.78, 5) is 2.57. The molecule has 0 aromatic rings. The van der Waals surface area contributed by atoms with Gasteiger partial charge in [0.05, 0.1) is 0 Å². The molecule has 0 spiro atoms. The summed E-state index contributed by atoms with van der Waals surface area (Å²) in [5.41, 5.74) is 0. The van der Waals surface area contributed by atoms with Crippen LogP contribution in [0.4, 0.5) is 0 Å². The van der Waals surface area contributed by atoms with E-state index in [1.54, 1.807) is 0 Å². The second-order valence-electron chi connectivity index (χ2n) is 4.34. The Morgan fingerprint density at radius 1 is 1.50 bits per heavy atom. The van der Waals surface area contributed by atoms with Gasteiger partial charge in [0.15, 0.2) is 0 Å². The van der Waals surface area contributed by atoms with Crippen LogP contribution < -0.4 is 5.32 Å². The molecule has 0 aromatic carbocycles. The number of hydrogen-bond acceptors (Lipinski definition) is 2. The first kappa shape index (κ1) is 10.0. The Labute approximate surface area is 76.3 Å². The largest absolute Gasteiger partial charge is 0.312 e. The van der Waals surface area contributed by atoms with E-state index in [2.05, 4.69) is 31.0 Å². The van der Waals surface area contributed by atoms with Crippen LogP contribution in [0.3, 0.4) is 0 Å². The van der Waals surface area contributed by atoms with Crippen LogP contribution in [-0.2, 0) is 0 Å². The van der Waals surface area contributed by atoms with Gasteiger partial charge in [-0.15, -0.1) is 0 Å². The van der Waals surface area contributed by atoms with Gasteiger partial charge in [0.25, 0.3) is 0 Å². The van der Waals surface area contributed by atoms with Crippen molar-refractivity contribution >= 4 is 0 Å². The van der Waals surface area contributed by atoms with Crippen molar-refractivity contribution in [2.45, 2.75) is 33.2 Å². The highest BCUT2D eigenvalue weighted by atomic mass is 15.2. The standard InChI is InChI=1S/C10H22N2/c1-9(2)4-6-12-7-5-11-10(3)8-12/h9-11H,4-8H2,1-3H3/t10-/m0/s1. The number of nitrogens with zero attached hydrogens (tertiary/aromatic N) is 1. The minimum absolute atomic E-state index is 0.686. The van der Waals surface area contributed by atoms with Gasteiger partial charge in [-0.3, -0.25) is 0 Å². The predicted octanol–water partition coefficient (Wildman–Crippen LogP) is 1.33. The summed E-state index contributed by atoms with van der Waals surface area (Å²) in [6.07, 6.45) is 1.34. The molecule has 1 heterocycles. The molecule has 1 rings (SSSR count). The average Bonchev–Trinajstić information content (AvgIpc) is 2.01. The number of hydrogen-bond donors (Lipinski definition) is 1. The van der Waals surface area contributed by atoms with E-state index in [9.17, 15) is 0 Å². The SMILES string of the molecule is CC(C)CCN1CCN[C@@H](C)C1. The van der Waals surface area contributed by atoms with E-state index >= 15 is 0 Å². The average molecular weight is 170 g/mol. The van der Waals surface area contributed by atoms with Gasteiger partial charge in [-0.2, -0.15) is 0 Å². The third-order valence-electron chi connectivity index (χ3n) is 2.48. The van der Waals surface area contributed by atoms with Gasteiger partial charge in [-0.25, -0.2) is 0 Å². The Balaban J connectivity index is 2.14. The second-order valence-corrected chi connectivity index (χ2v) is 4.34. The lowest BCUT2D eigenvalue weighted by Crippen LogP contribution is -2.49. The first-order chi connectivity index (χ1) is 5.68. The molecule has 1 fully saturated rings. The first-order valence-electron chi connectivity index (χ1n) is 5.14. The number of nitrogens with one attached hydrogen (secondary N) is 1. The maximum Gasteiger partial charge on any atom is 0.0167 e. The van der Waals surface area contributed by atoms with Crippen molar-refractivity contribution in [2.75, 3.05) is 26.2 Å². The highest BCUT2D eigenvalue weighted by Gasteiger charge is 2.14. The van der Waals surface area contributed by atoms with Gasteiger partial charge in [0, 0.05) is 25.7 Å². The summed E-state index contributed by atoms with van der Waals surface area (Å²) in [6.45, 7) is 11.8. The van der Waals surface area contributed by atoms with Crippen LogP contribution in [0.25, 0.3) is 0 Å². The van der Waals surface area contributed by atoms with Crippen molar-refractivity contribution in [3.8, 4) is 0 Å². The zero-order valence-corrected chi connectivity index (χ0v) is 8.64. The molecule has 0 aliphatic carbocycles. The molecular formula is C10H22N2. The van der Waals surface area contributed by atoms with Crippen molar-refractivity contribution < 1.29 is 0 Å². The topological polar surface area (TPSA) is 15.3 Å². The first-order valence-corrected chi connectivity index (χ1v) is 5.14. The minimum Gasteiger partial charge on any atom is -0.312 e. The number of rotatable bonds is 3. The highest BCUT2D eigenvalue weighted by Crippen LogP contribution is 2.04. The summed E-state index contributed by atoms with van der Waals surface area (Å²) < 4.78 is 0. The van der Waals surface area contributed by atoms with E-state index in [0.717, 1.165) is 5.92 Å². The smallest absolute Gasteiger partial charge is 0.0167 e. The summed E-state index contributed by atoms with van der Waals surface area (Å²) in [5, 5.41) is 3.46. The van der Waals surface area contributed by atoms with E-state index < -0.39 is 0 Å². The summed E-state index contributed by atoms with van der Waals surface area (Å²) in [7, 11) is 0. The fraction of sp³-hybridized carbons (Fsp3) is 1.00. The van der Waals surface area contributed by atoms with Crippen LogP contribution in [0.15, 0.2) is 0 Å². The molecule has 1 aliphatic rings. The zero-order chi connectivity index (χ0) is 8.97. The summed E-state index contributed by atoms with van der Waals surface area (Å²) >= 11 is 0. The Hall–Kier alpha value is -0.0800. The minimum atomic E-state index is 0.686. The zero-order valence-electron chi connectivity index (χ0n) is 8.64. The van der Waals surface area contributed by atoms with Gasteiger partial charge < -0.3 is 10.2 Å². The quantitative estimate of drug-likeness (QED) is 0.687. The summed E-state index contributed by atoms with van der Waals surface area (Å²) in [5.74, 6) is 0.843. The van der Waals surface area contributed by atoms with E-state index in [1.165, 1.54) is 32.6 Å². The molecule has 0 unspecified atom stereocenters. The van der Waals surface area contributed by atoms with Crippen LogP contribution in [-0.4, -0.2) is 37.1 Å². The van der Waals surface area contributed by atoms with Crippen LogP contribution >= 0.6 is 0 Å². The van der Waals surface area contributed by atoms with E-state index in [1.807, 2.05) is 0 Å². The van der Waals surface area contributed by atoms with Crippen molar-refractivity contribution in [2.24, 2.45) is 5.92 Å². The number of piperazine rings is 1. The van der Waals surface area contributed by atoms with Crippen molar-refractivity contribution in [1.82, 2.24) is 10.2 Å². The summed E-state index contributed by atoms with van der Waals surface area (Å²) in [6, 6.07) is 0.686. The fourth-order valence-electron chi connectivity index (χ4n) is 1.66. The third kappa shape index (κ3) is 3.55. The maximum atomic E-state index is 3.46. The predicted molar refractivity (Wildman–Crippen MR) is 53.4 cm³/mol. The van der Waals surface area contributed by atoms with Crippen molar-refractivity contribution in [3.63, 3.8) is 0 Å². The van der Waals surface area contributed by atoms with Crippen molar-refractivity contribution in [1.29, 1.82) is 0 Å². The molecule has 1 atom stereocenters. The lowest BCUT2D eigenvalue weighted by atomic mass is 10.1. The van der Waals surface area contributed by atoms with E-state index in [4.69, 9.17) is 0 Å². The molecule has 0 amide bonds. The van der Waals surface area contributed by atoms with Crippen LogP contribution in [0.2, 0.25) is 0 Å². The van der Waals surface area contributed by atoms with Gasteiger partial charge in [0.1, 0.15) is 0 Å². The van der Waals surface area contributed by atoms with Crippen LogP contribution in [0.5, 0.6) is 0 Å². The Bertz CT molecular complexity index is 123. The molecule has 0 saturated carbocycles. The fourth-order valence-corrected chi connectivity index (χ4v) is 1.66. The van der Waals surface area contributed by atoms with Gasteiger partial charge in [-0.1, -0.05) is 13.8 Å². The monoisotopic (exact) mass is 170 g/mol. The highest BCUT2D eigenvalue weighted by molar-refractivity contribution is 4.74. The molecule has 2 nitrogen and oxygen atoms in total. The van der Waals surface area contributed by atoms with Gasteiger partial charge in [-0.05, 0) is 25.8 Å². The maximum absolute atomic E-state index is 3.46. The van der Waals surface area contributed by atoms with Gasteiger partial charge in [0.2, 0.25) is 0 Å². The molecule has 0 bridgehead atoms. The molecule has 0 aromatic heterocycles. The molecule has 1 aliphatic heterocycles. The second kappa shape index (κ2) is 4.83. The molecule has 72 valence electrons. The lowest BCUT2D eigenvalue weighted by molar-refractivity contribution is 0.197. The van der Waals surface area contributed by atoms with Crippen molar-refractivity contribution in [3.05, 3.63) is 0 Å². The molecular weight excluding hydrogens is 148 g/mol. The lowest BCUT2D eigenvalue weighted by Gasteiger charge is -2.32. The Morgan fingerprint density at radius 3 is 2.83 bits per heavy atom. The Morgan fingerprint density at radius 2 is 2.25 bits per heavy atom. The molecule has 1 saturated heterocycles. The van der Waals surface area contributed by atoms with E-state index in [-0.39, 0.29) is 0 Å². The molecule has 12 heavy (non-hydrogen) atoms. The van der Waals surface area contributed by atoms with Gasteiger partial charge >= 0.3 is 0 Å². The van der Waals surface area contributed by atoms with E-state index in [0.29, 0.717) is 6.04 Å². The normalized spacial score (nSPS) is 26.5. The third-order valence-corrected chi connectivity index (χ3v) is 2.48. The van der Waals surface area contributed by atoms with Crippen LogP contribution in [0, 0.1) is 5.92 Å². The molecule has 0 radical (unpaired) electrons. The molecule has 1 N–H and O–H groups in total. The Kier molecular flexibility index (Phi) is 4.02. The molecule has 2 heteroatoms.